The van der Waals surface area contributed by atoms with Gasteiger partial charge in [0.05, 0.1) is 11.5 Å². The highest BCUT2D eigenvalue weighted by Gasteiger charge is 2.35. The first-order valence-corrected chi connectivity index (χ1v) is 8.39. The Kier molecular flexibility index (Phi) is 5.34. The summed E-state index contributed by atoms with van der Waals surface area (Å²) in [6.07, 6.45) is 1.06. The van der Waals surface area contributed by atoms with E-state index in [0.29, 0.717) is 25.9 Å². The summed E-state index contributed by atoms with van der Waals surface area (Å²) in [6, 6.07) is 0.0295. The number of hydrogen-bond acceptors (Lipinski definition) is 5. The number of carboxylic acids is 1. The van der Waals surface area contributed by atoms with Gasteiger partial charge in [-0.2, -0.15) is 0 Å². The summed E-state index contributed by atoms with van der Waals surface area (Å²) in [5.74, 6) is -0.483. The zero-order valence-electron chi connectivity index (χ0n) is 11.8. The molecule has 2 atom stereocenters. The van der Waals surface area contributed by atoms with Crippen molar-refractivity contribution in [1.29, 1.82) is 0 Å². The van der Waals surface area contributed by atoms with Gasteiger partial charge >= 0.3 is 5.97 Å². The minimum atomic E-state index is -2.92. The minimum absolute atomic E-state index is 0.0295. The van der Waals surface area contributed by atoms with Gasteiger partial charge in [-0.25, -0.2) is 8.42 Å². The molecular formula is C12H24N2O4S. The molecule has 0 amide bonds. The van der Waals surface area contributed by atoms with E-state index in [1.807, 2.05) is 6.92 Å². The summed E-state index contributed by atoms with van der Waals surface area (Å²) in [5.41, 5.74) is -0.982. The van der Waals surface area contributed by atoms with E-state index >= 15 is 0 Å². The summed E-state index contributed by atoms with van der Waals surface area (Å²) in [5, 5.41) is 12.1. The number of carbonyl (C=O) groups is 1. The Labute approximate surface area is 115 Å². The first kappa shape index (κ1) is 16.4. The van der Waals surface area contributed by atoms with E-state index in [9.17, 15) is 18.3 Å². The van der Waals surface area contributed by atoms with Crippen molar-refractivity contribution < 1.29 is 18.3 Å². The fraction of sp³-hybridized carbons (Fsp3) is 0.917. The maximum atomic E-state index is 11.6. The first-order valence-electron chi connectivity index (χ1n) is 6.57. The fourth-order valence-corrected chi connectivity index (χ4v) is 3.70. The smallest absolute Gasteiger partial charge is 0.323 e. The molecule has 0 saturated carbocycles. The molecular weight excluding hydrogens is 268 g/mol. The molecule has 1 saturated heterocycles. The van der Waals surface area contributed by atoms with Crippen LogP contribution in [0.4, 0.5) is 0 Å². The summed E-state index contributed by atoms with van der Waals surface area (Å²) < 4.78 is 23.1. The molecule has 2 unspecified atom stereocenters. The number of carboxylic acid groups (broad SMARTS) is 1. The SMILES string of the molecule is CNC(C)(CC(C)N1CCCS(=O)(=O)CC1)C(=O)O. The lowest BCUT2D eigenvalue weighted by Gasteiger charge is -2.33. The van der Waals surface area contributed by atoms with E-state index in [4.69, 9.17) is 0 Å². The van der Waals surface area contributed by atoms with Crippen LogP contribution in [0.15, 0.2) is 0 Å². The second-order valence-corrected chi connectivity index (χ2v) is 7.79. The molecule has 112 valence electrons. The Morgan fingerprint density at radius 1 is 1.42 bits per heavy atom. The van der Waals surface area contributed by atoms with Crippen molar-refractivity contribution in [3.05, 3.63) is 0 Å². The van der Waals surface area contributed by atoms with Gasteiger partial charge in [-0.1, -0.05) is 0 Å². The third-order valence-corrected chi connectivity index (χ3v) is 5.66. The van der Waals surface area contributed by atoms with Crippen LogP contribution in [0.1, 0.15) is 26.7 Å². The maximum Gasteiger partial charge on any atom is 0.323 e. The van der Waals surface area contributed by atoms with E-state index in [-0.39, 0.29) is 17.5 Å². The molecule has 0 spiro atoms. The summed E-state index contributed by atoms with van der Waals surface area (Å²) in [7, 11) is -1.29. The largest absolute Gasteiger partial charge is 0.480 e. The van der Waals surface area contributed by atoms with Gasteiger partial charge in [0.1, 0.15) is 5.54 Å². The van der Waals surface area contributed by atoms with Crippen LogP contribution in [-0.4, -0.2) is 67.6 Å². The second kappa shape index (κ2) is 6.19. The van der Waals surface area contributed by atoms with Gasteiger partial charge in [-0.15, -0.1) is 0 Å². The molecule has 1 aliphatic rings. The van der Waals surface area contributed by atoms with E-state index in [1.54, 1.807) is 14.0 Å². The Morgan fingerprint density at radius 3 is 2.58 bits per heavy atom. The number of sulfone groups is 1. The molecule has 0 aromatic rings. The van der Waals surface area contributed by atoms with Crippen molar-refractivity contribution in [2.75, 3.05) is 31.6 Å². The highest BCUT2D eigenvalue weighted by atomic mass is 32.2. The van der Waals surface area contributed by atoms with E-state index in [1.165, 1.54) is 0 Å². The van der Waals surface area contributed by atoms with Crippen LogP contribution in [0.3, 0.4) is 0 Å². The molecule has 7 heteroatoms. The van der Waals surface area contributed by atoms with Crippen molar-refractivity contribution in [1.82, 2.24) is 10.2 Å². The predicted octanol–water partition coefficient (Wildman–Crippen LogP) is -0.0518. The molecule has 0 aromatic carbocycles. The van der Waals surface area contributed by atoms with Crippen LogP contribution in [0, 0.1) is 0 Å². The van der Waals surface area contributed by atoms with Crippen LogP contribution in [0.5, 0.6) is 0 Å². The first-order chi connectivity index (χ1) is 8.70. The molecule has 0 bridgehead atoms. The third-order valence-electron chi connectivity index (χ3n) is 3.94. The topological polar surface area (TPSA) is 86.7 Å². The highest BCUT2D eigenvalue weighted by Crippen LogP contribution is 2.18. The van der Waals surface area contributed by atoms with Crippen LogP contribution < -0.4 is 5.32 Å². The zero-order chi connectivity index (χ0) is 14.7. The average Bonchev–Trinajstić information content (AvgIpc) is 2.49. The summed E-state index contributed by atoms with van der Waals surface area (Å²) >= 11 is 0. The lowest BCUT2D eigenvalue weighted by Crippen LogP contribution is -2.52. The molecule has 0 radical (unpaired) electrons. The van der Waals surface area contributed by atoms with Gasteiger partial charge < -0.3 is 10.4 Å². The maximum absolute atomic E-state index is 11.6. The van der Waals surface area contributed by atoms with Gasteiger partial charge in [0, 0.05) is 12.6 Å². The number of hydrogen-bond donors (Lipinski definition) is 2. The van der Waals surface area contributed by atoms with Crippen molar-refractivity contribution in [2.45, 2.75) is 38.3 Å². The Morgan fingerprint density at radius 2 is 2.05 bits per heavy atom. The van der Waals surface area contributed by atoms with Gasteiger partial charge in [0.2, 0.25) is 0 Å². The molecule has 1 aliphatic heterocycles. The Balaban J connectivity index is 2.67. The molecule has 2 N–H and O–H groups in total. The fourth-order valence-electron chi connectivity index (χ4n) is 2.41. The predicted molar refractivity (Wildman–Crippen MR) is 74.0 cm³/mol. The minimum Gasteiger partial charge on any atom is -0.480 e. The van der Waals surface area contributed by atoms with Crippen LogP contribution in [0.25, 0.3) is 0 Å². The normalized spacial score (nSPS) is 25.2. The summed E-state index contributed by atoms with van der Waals surface area (Å²) in [6.45, 7) is 4.81. The van der Waals surface area contributed by atoms with Gasteiger partial charge in [-0.05, 0) is 40.3 Å². The van der Waals surface area contributed by atoms with Gasteiger partial charge in [-0.3, -0.25) is 9.69 Å². The third kappa shape index (κ3) is 4.43. The van der Waals surface area contributed by atoms with Gasteiger partial charge in [0.15, 0.2) is 9.84 Å². The molecule has 1 heterocycles. The second-order valence-electron chi connectivity index (χ2n) is 5.48. The van der Waals surface area contributed by atoms with Crippen LogP contribution >= 0.6 is 0 Å². The lowest BCUT2D eigenvalue weighted by atomic mass is 9.93. The van der Waals surface area contributed by atoms with Crippen LogP contribution in [0.2, 0.25) is 0 Å². The van der Waals surface area contributed by atoms with E-state index in [2.05, 4.69) is 10.2 Å². The van der Waals surface area contributed by atoms with Crippen molar-refractivity contribution in [3.63, 3.8) is 0 Å². The number of likely N-dealkylation sites (N-methyl/N-ethyl adjacent to an activating group) is 1. The molecule has 1 rings (SSSR count). The quantitative estimate of drug-likeness (QED) is 0.739. The number of rotatable bonds is 5. The van der Waals surface area contributed by atoms with Crippen molar-refractivity contribution >= 4 is 15.8 Å². The van der Waals surface area contributed by atoms with Gasteiger partial charge in [0.25, 0.3) is 0 Å². The highest BCUT2D eigenvalue weighted by molar-refractivity contribution is 7.91. The van der Waals surface area contributed by atoms with Crippen molar-refractivity contribution in [3.8, 4) is 0 Å². The molecule has 0 aromatic heterocycles. The lowest BCUT2D eigenvalue weighted by molar-refractivity contribution is -0.144. The van der Waals surface area contributed by atoms with E-state index in [0.717, 1.165) is 0 Å². The number of nitrogens with zero attached hydrogens (tertiary/aromatic N) is 1. The zero-order valence-corrected chi connectivity index (χ0v) is 12.7. The summed E-state index contributed by atoms with van der Waals surface area (Å²) in [4.78, 5) is 13.3. The molecule has 0 aliphatic carbocycles. The molecule has 6 nitrogen and oxygen atoms in total. The average molecular weight is 292 g/mol. The number of aliphatic carboxylic acids is 1. The Hall–Kier alpha value is -0.660. The standard InChI is InChI=1S/C12H24N2O4S/c1-10(9-12(2,13-3)11(15)16)14-5-4-7-19(17,18)8-6-14/h10,13H,4-9H2,1-3H3,(H,15,16). The van der Waals surface area contributed by atoms with E-state index < -0.39 is 21.3 Å². The number of nitrogens with one attached hydrogen (secondary N) is 1. The Bertz CT molecular complexity index is 423. The molecule has 19 heavy (non-hydrogen) atoms. The monoisotopic (exact) mass is 292 g/mol. The van der Waals surface area contributed by atoms with Crippen molar-refractivity contribution in [2.24, 2.45) is 0 Å². The molecule has 1 fully saturated rings. The van der Waals surface area contributed by atoms with Crippen LogP contribution in [-0.2, 0) is 14.6 Å².